The van der Waals surface area contributed by atoms with Crippen LogP contribution >= 0.6 is 23.2 Å². The lowest BCUT2D eigenvalue weighted by Gasteiger charge is -2.04. The molecule has 0 aliphatic heterocycles. The summed E-state index contributed by atoms with van der Waals surface area (Å²) in [4.78, 5) is 2.22. The highest BCUT2D eigenvalue weighted by Gasteiger charge is 2.07. The Hall–Kier alpha value is -0.780. The number of hydrogen-bond acceptors (Lipinski definition) is 3. The average Bonchev–Trinajstić information content (AvgIpc) is 2.52. The zero-order chi connectivity index (χ0) is 17.8. The van der Waals surface area contributed by atoms with Gasteiger partial charge in [-0.05, 0) is 18.6 Å². The molecule has 0 radical (unpaired) electrons. The van der Waals surface area contributed by atoms with Gasteiger partial charge in [-0.1, -0.05) is 81.1 Å². The van der Waals surface area contributed by atoms with E-state index in [-0.39, 0.29) is 5.75 Å². The molecular formula is C17H26Cl2N2O2S. The Morgan fingerprint density at radius 2 is 1.67 bits per heavy atom. The van der Waals surface area contributed by atoms with Gasteiger partial charge in [-0.3, -0.25) is 0 Å². The smallest absolute Gasteiger partial charge is 0.205 e. The SMILES string of the molecule is CCCCCCCCCCS(=O)(=O)NN=Cc1ccc(Cl)cc1Cl. The van der Waals surface area contributed by atoms with Crippen molar-refractivity contribution >= 4 is 39.4 Å². The van der Waals surface area contributed by atoms with Crippen LogP contribution in [0.4, 0.5) is 0 Å². The van der Waals surface area contributed by atoms with Crippen molar-refractivity contribution in [3.63, 3.8) is 0 Å². The topological polar surface area (TPSA) is 58.5 Å². The van der Waals surface area contributed by atoms with Crippen molar-refractivity contribution < 1.29 is 8.42 Å². The zero-order valence-corrected chi connectivity index (χ0v) is 16.4. The number of benzene rings is 1. The molecule has 1 N–H and O–H groups in total. The Bertz CT molecular complexity index is 619. The highest BCUT2D eigenvalue weighted by atomic mass is 35.5. The standard InChI is InChI=1S/C17H26Cl2N2O2S/c1-2-3-4-5-6-7-8-9-12-24(22,23)21-20-14-15-10-11-16(18)13-17(15)19/h10-11,13-14,21H,2-9,12H2,1H3. The van der Waals surface area contributed by atoms with Gasteiger partial charge in [-0.25, -0.2) is 13.2 Å². The second kappa shape index (κ2) is 11.7. The molecular weight excluding hydrogens is 367 g/mol. The van der Waals surface area contributed by atoms with Crippen molar-refractivity contribution in [3.8, 4) is 0 Å². The van der Waals surface area contributed by atoms with Crippen LogP contribution in [0, 0.1) is 0 Å². The number of halogens is 2. The Labute approximate surface area is 155 Å². The fourth-order valence-electron chi connectivity index (χ4n) is 2.25. The van der Waals surface area contributed by atoms with E-state index < -0.39 is 10.0 Å². The molecule has 0 saturated carbocycles. The van der Waals surface area contributed by atoms with Crippen LogP contribution in [0.15, 0.2) is 23.3 Å². The summed E-state index contributed by atoms with van der Waals surface area (Å²) in [6.07, 6.45) is 10.3. The summed E-state index contributed by atoms with van der Waals surface area (Å²) in [5, 5.41) is 4.71. The minimum atomic E-state index is -3.39. The van der Waals surface area contributed by atoms with Gasteiger partial charge in [-0.2, -0.15) is 5.10 Å². The summed E-state index contributed by atoms with van der Waals surface area (Å²) < 4.78 is 23.7. The average molecular weight is 393 g/mol. The number of hydrazone groups is 1. The molecule has 24 heavy (non-hydrogen) atoms. The van der Waals surface area contributed by atoms with Gasteiger partial charge in [-0.15, -0.1) is 0 Å². The Balaban J connectivity index is 2.25. The molecule has 0 aliphatic carbocycles. The molecule has 0 aromatic heterocycles. The van der Waals surface area contributed by atoms with Crippen LogP contribution in [0.5, 0.6) is 0 Å². The van der Waals surface area contributed by atoms with E-state index in [1.165, 1.54) is 38.3 Å². The van der Waals surface area contributed by atoms with E-state index in [9.17, 15) is 8.42 Å². The number of unbranched alkanes of at least 4 members (excludes halogenated alkanes) is 7. The Morgan fingerprint density at radius 1 is 1.04 bits per heavy atom. The molecule has 0 amide bonds. The van der Waals surface area contributed by atoms with Gasteiger partial charge in [0.2, 0.25) is 10.0 Å². The molecule has 0 bridgehead atoms. The van der Waals surface area contributed by atoms with Crippen LogP contribution in [0.25, 0.3) is 0 Å². The molecule has 136 valence electrons. The fourth-order valence-corrected chi connectivity index (χ4v) is 3.60. The predicted octanol–water partition coefficient (Wildman–Crippen LogP) is 5.39. The van der Waals surface area contributed by atoms with Crippen molar-refractivity contribution in [3.05, 3.63) is 33.8 Å². The van der Waals surface area contributed by atoms with E-state index in [1.807, 2.05) is 0 Å². The summed E-state index contributed by atoms with van der Waals surface area (Å²) >= 11 is 11.8. The molecule has 1 aromatic rings. The van der Waals surface area contributed by atoms with Crippen LogP contribution < -0.4 is 4.83 Å². The largest absolute Gasteiger partial charge is 0.247 e. The first-order valence-corrected chi connectivity index (χ1v) is 10.8. The maximum Gasteiger partial charge on any atom is 0.247 e. The lowest BCUT2D eigenvalue weighted by molar-refractivity contribution is 0.566. The summed E-state index contributed by atoms with van der Waals surface area (Å²) in [5.41, 5.74) is 0.607. The monoisotopic (exact) mass is 392 g/mol. The van der Waals surface area contributed by atoms with E-state index in [0.29, 0.717) is 22.0 Å². The molecule has 1 rings (SSSR count). The second-order valence-electron chi connectivity index (χ2n) is 5.81. The van der Waals surface area contributed by atoms with Gasteiger partial charge >= 0.3 is 0 Å². The number of nitrogens with zero attached hydrogens (tertiary/aromatic N) is 1. The molecule has 0 unspecified atom stereocenters. The Kier molecular flexibility index (Phi) is 10.4. The van der Waals surface area contributed by atoms with E-state index in [1.54, 1.807) is 18.2 Å². The van der Waals surface area contributed by atoms with Crippen molar-refractivity contribution in [2.24, 2.45) is 5.10 Å². The zero-order valence-electron chi connectivity index (χ0n) is 14.1. The van der Waals surface area contributed by atoms with Gasteiger partial charge in [0, 0.05) is 10.6 Å². The maximum absolute atomic E-state index is 11.9. The quantitative estimate of drug-likeness (QED) is 0.294. The first-order valence-electron chi connectivity index (χ1n) is 8.42. The molecule has 0 atom stereocenters. The van der Waals surface area contributed by atoms with Crippen LogP contribution in [-0.4, -0.2) is 20.4 Å². The van der Waals surface area contributed by atoms with E-state index in [2.05, 4.69) is 16.9 Å². The number of sulfonamides is 1. The van der Waals surface area contributed by atoms with Crippen LogP contribution in [0.2, 0.25) is 10.0 Å². The minimum Gasteiger partial charge on any atom is -0.205 e. The highest BCUT2D eigenvalue weighted by Crippen LogP contribution is 2.19. The molecule has 0 fully saturated rings. The second-order valence-corrected chi connectivity index (χ2v) is 8.47. The van der Waals surface area contributed by atoms with Gasteiger partial charge in [0.25, 0.3) is 0 Å². The van der Waals surface area contributed by atoms with Crippen molar-refractivity contribution in [1.82, 2.24) is 4.83 Å². The highest BCUT2D eigenvalue weighted by molar-refractivity contribution is 7.89. The first kappa shape index (κ1) is 21.3. The fraction of sp³-hybridized carbons (Fsp3) is 0.588. The van der Waals surface area contributed by atoms with Crippen molar-refractivity contribution in [2.75, 3.05) is 5.75 Å². The van der Waals surface area contributed by atoms with Crippen LogP contribution in [-0.2, 0) is 10.0 Å². The van der Waals surface area contributed by atoms with Gasteiger partial charge in [0.15, 0.2) is 0 Å². The van der Waals surface area contributed by atoms with Gasteiger partial charge in [0.1, 0.15) is 0 Å². The van der Waals surface area contributed by atoms with Gasteiger partial charge < -0.3 is 0 Å². The first-order chi connectivity index (χ1) is 11.4. The summed E-state index contributed by atoms with van der Waals surface area (Å²) in [6, 6.07) is 4.93. The summed E-state index contributed by atoms with van der Waals surface area (Å²) in [6.45, 7) is 2.20. The van der Waals surface area contributed by atoms with E-state index in [0.717, 1.165) is 12.8 Å². The molecule has 7 heteroatoms. The Morgan fingerprint density at radius 3 is 2.29 bits per heavy atom. The minimum absolute atomic E-state index is 0.0909. The lowest BCUT2D eigenvalue weighted by atomic mass is 10.1. The third-order valence-electron chi connectivity index (χ3n) is 3.62. The molecule has 0 aliphatic rings. The third kappa shape index (κ3) is 9.50. The lowest BCUT2D eigenvalue weighted by Crippen LogP contribution is -2.21. The molecule has 1 aromatic carbocycles. The third-order valence-corrected chi connectivity index (χ3v) is 5.40. The van der Waals surface area contributed by atoms with E-state index in [4.69, 9.17) is 23.2 Å². The molecule has 0 spiro atoms. The van der Waals surface area contributed by atoms with Gasteiger partial charge in [0.05, 0.1) is 17.0 Å². The molecule has 0 saturated heterocycles. The van der Waals surface area contributed by atoms with Crippen LogP contribution in [0.1, 0.15) is 63.9 Å². The van der Waals surface area contributed by atoms with Crippen molar-refractivity contribution in [2.45, 2.75) is 58.3 Å². The molecule has 0 heterocycles. The maximum atomic E-state index is 11.9. The van der Waals surface area contributed by atoms with Crippen molar-refractivity contribution in [1.29, 1.82) is 0 Å². The van der Waals surface area contributed by atoms with Crippen LogP contribution in [0.3, 0.4) is 0 Å². The molecule has 4 nitrogen and oxygen atoms in total. The number of hydrogen-bond donors (Lipinski definition) is 1. The predicted molar refractivity (Wildman–Crippen MR) is 104 cm³/mol. The normalized spacial score (nSPS) is 12.0. The summed E-state index contributed by atoms with van der Waals surface area (Å²) in [5.74, 6) is 0.0909. The summed E-state index contributed by atoms with van der Waals surface area (Å²) in [7, 11) is -3.39. The van der Waals surface area contributed by atoms with E-state index >= 15 is 0 Å². The number of nitrogens with one attached hydrogen (secondary N) is 1. The number of rotatable bonds is 12.